The Balaban J connectivity index is 1.51. The fraction of sp³-hybridized carbons (Fsp3) is 0.250. The quantitative estimate of drug-likeness (QED) is 0.933. The lowest BCUT2D eigenvalue weighted by molar-refractivity contribution is 0.0701. The molecule has 0 saturated heterocycles. The van der Waals surface area contributed by atoms with Crippen LogP contribution in [-0.2, 0) is 0 Å². The molecular formula is C20H17N3O2. The van der Waals surface area contributed by atoms with E-state index < -0.39 is 0 Å². The van der Waals surface area contributed by atoms with E-state index in [1.54, 1.807) is 18.2 Å². The van der Waals surface area contributed by atoms with Crippen molar-refractivity contribution in [1.82, 2.24) is 5.32 Å². The Labute approximate surface area is 146 Å². The van der Waals surface area contributed by atoms with E-state index in [4.69, 9.17) is 15.3 Å². The van der Waals surface area contributed by atoms with Crippen LogP contribution in [-0.4, -0.2) is 18.1 Å². The van der Waals surface area contributed by atoms with Crippen molar-refractivity contribution in [3.63, 3.8) is 0 Å². The second-order valence-corrected chi connectivity index (χ2v) is 6.18. The fourth-order valence-corrected chi connectivity index (χ4v) is 2.73. The van der Waals surface area contributed by atoms with Crippen LogP contribution < -0.4 is 10.1 Å². The molecule has 2 aromatic carbocycles. The first-order chi connectivity index (χ1) is 12.1. The molecule has 25 heavy (non-hydrogen) atoms. The molecule has 5 heteroatoms. The van der Waals surface area contributed by atoms with Gasteiger partial charge in [0.05, 0.1) is 11.1 Å². The van der Waals surface area contributed by atoms with Crippen LogP contribution in [0.3, 0.4) is 0 Å². The van der Waals surface area contributed by atoms with Crippen LogP contribution in [0.4, 0.5) is 0 Å². The van der Waals surface area contributed by atoms with Crippen LogP contribution in [0.2, 0.25) is 0 Å². The summed E-state index contributed by atoms with van der Waals surface area (Å²) >= 11 is 0. The zero-order valence-corrected chi connectivity index (χ0v) is 13.8. The number of aryl methyl sites for hydroxylation is 1. The summed E-state index contributed by atoms with van der Waals surface area (Å²) in [6, 6.07) is 16.4. The predicted octanol–water partition coefficient (Wildman–Crippen LogP) is 3.08. The van der Waals surface area contributed by atoms with E-state index >= 15 is 0 Å². The lowest BCUT2D eigenvalue weighted by atomic mass is 9.89. The first-order valence-electron chi connectivity index (χ1n) is 8.07. The summed E-state index contributed by atoms with van der Waals surface area (Å²) in [5, 5.41) is 21.0. The van der Waals surface area contributed by atoms with Gasteiger partial charge in [-0.25, -0.2) is 0 Å². The number of ether oxygens (including phenoxy) is 1. The Hall–Kier alpha value is -3.31. The zero-order chi connectivity index (χ0) is 17.8. The van der Waals surface area contributed by atoms with Crippen LogP contribution in [0.1, 0.15) is 39.9 Å². The van der Waals surface area contributed by atoms with Gasteiger partial charge in [0.25, 0.3) is 5.91 Å². The Bertz CT molecular complexity index is 869. The summed E-state index contributed by atoms with van der Waals surface area (Å²) < 4.78 is 5.81. The second-order valence-electron chi connectivity index (χ2n) is 6.18. The highest BCUT2D eigenvalue weighted by molar-refractivity contribution is 5.94. The van der Waals surface area contributed by atoms with E-state index in [0.29, 0.717) is 22.4 Å². The molecule has 1 saturated carbocycles. The third-order valence-corrected chi connectivity index (χ3v) is 4.28. The van der Waals surface area contributed by atoms with Crippen LogP contribution in [0, 0.1) is 29.6 Å². The minimum Gasteiger partial charge on any atom is -0.490 e. The molecule has 0 radical (unpaired) electrons. The molecule has 1 aliphatic rings. The number of carbonyl (C=O) groups is 1. The molecule has 1 aliphatic carbocycles. The molecule has 3 rings (SSSR count). The standard InChI is InChI=1S/C20H17N3O2/c1-13-2-4-14(5-3-13)20(24)23-17-9-19(10-17)25-18-7-6-15(11-21)16(8-18)12-22/h2-8,17,19H,9-10H2,1H3,(H,23,24). The molecule has 124 valence electrons. The Morgan fingerprint density at radius 3 is 2.40 bits per heavy atom. The van der Waals surface area contributed by atoms with Crippen LogP contribution >= 0.6 is 0 Å². The molecule has 0 spiro atoms. The van der Waals surface area contributed by atoms with E-state index in [2.05, 4.69) is 5.32 Å². The minimum atomic E-state index is -0.0754. The highest BCUT2D eigenvalue weighted by Crippen LogP contribution is 2.27. The first kappa shape index (κ1) is 16.5. The minimum absolute atomic E-state index is 0.00259. The monoisotopic (exact) mass is 331 g/mol. The number of rotatable bonds is 4. The summed E-state index contributed by atoms with van der Waals surface area (Å²) in [4.78, 5) is 12.2. The van der Waals surface area contributed by atoms with Crippen molar-refractivity contribution in [1.29, 1.82) is 10.5 Å². The number of nitrogens with one attached hydrogen (secondary N) is 1. The van der Waals surface area contributed by atoms with E-state index in [0.717, 1.165) is 18.4 Å². The van der Waals surface area contributed by atoms with Gasteiger partial charge < -0.3 is 10.1 Å². The Morgan fingerprint density at radius 1 is 1.08 bits per heavy atom. The third kappa shape index (κ3) is 3.79. The van der Waals surface area contributed by atoms with Gasteiger partial charge in [0.1, 0.15) is 24.0 Å². The molecular weight excluding hydrogens is 314 g/mol. The van der Waals surface area contributed by atoms with Crippen LogP contribution in [0.15, 0.2) is 42.5 Å². The smallest absolute Gasteiger partial charge is 0.251 e. The van der Waals surface area contributed by atoms with Crippen LogP contribution in [0.25, 0.3) is 0 Å². The lowest BCUT2D eigenvalue weighted by Gasteiger charge is -2.35. The zero-order valence-electron chi connectivity index (χ0n) is 13.8. The molecule has 1 N–H and O–H groups in total. The average Bonchev–Trinajstić information content (AvgIpc) is 2.60. The summed E-state index contributed by atoms with van der Waals surface area (Å²) in [7, 11) is 0. The largest absolute Gasteiger partial charge is 0.490 e. The average molecular weight is 331 g/mol. The third-order valence-electron chi connectivity index (χ3n) is 4.28. The Kier molecular flexibility index (Phi) is 4.68. The first-order valence-corrected chi connectivity index (χ1v) is 8.07. The topological polar surface area (TPSA) is 85.9 Å². The van der Waals surface area contributed by atoms with Gasteiger partial charge in [0, 0.05) is 24.4 Å². The summed E-state index contributed by atoms with van der Waals surface area (Å²) in [5.74, 6) is 0.498. The maximum absolute atomic E-state index is 12.2. The summed E-state index contributed by atoms with van der Waals surface area (Å²) in [5.41, 5.74) is 2.42. The molecule has 0 aromatic heterocycles. The van der Waals surface area contributed by atoms with Gasteiger partial charge in [0.15, 0.2) is 0 Å². The molecule has 1 amide bonds. The summed E-state index contributed by atoms with van der Waals surface area (Å²) in [6.45, 7) is 1.98. The number of carbonyl (C=O) groups excluding carboxylic acids is 1. The van der Waals surface area contributed by atoms with Gasteiger partial charge in [-0.1, -0.05) is 17.7 Å². The molecule has 0 atom stereocenters. The maximum Gasteiger partial charge on any atom is 0.251 e. The molecule has 2 aromatic rings. The van der Waals surface area contributed by atoms with E-state index in [1.165, 1.54) is 0 Å². The van der Waals surface area contributed by atoms with Gasteiger partial charge in [-0.05, 0) is 37.3 Å². The Morgan fingerprint density at radius 2 is 1.76 bits per heavy atom. The molecule has 0 aliphatic heterocycles. The molecule has 0 bridgehead atoms. The number of amides is 1. The van der Waals surface area contributed by atoms with E-state index in [9.17, 15) is 4.79 Å². The van der Waals surface area contributed by atoms with Gasteiger partial charge in [-0.3, -0.25) is 4.79 Å². The lowest BCUT2D eigenvalue weighted by Crippen LogP contribution is -2.49. The van der Waals surface area contributed by atoms with E-state index in [-0.39, 0.29) is 18.1 Å². The highest BCUT2D eigenvalue weighted by atomic mass is 16.5. The number of hydrogen-bond donors (Lipinski definition) is 1. The van der Waals surface area contributed by atoms with Crippen molar-refractivity contribution in [2.45, 2.75) is 31.9 Å². The molecule has 5 nitrogen and oxygen atoms in total. The van der Waals surface area contributed by atoms with Gasteiger partial charge in [0.2, 0.25) is 0 Å². The van der Waals surface area contributed by atoms with Crippen molar-refractivity contribution in [3.8, 4) is 17.9 Å². The normalized spacial score (nSPS) is 18.4. The highest BCUT2D eigenvalue weighted by Gasteiger charge is 2.32. The molecule has 0 unspecified atom stereocenters. The molecule has 0 heterocycles. The number of benzene rings is 2. The van der Waals surface area contributed by atoms with Gasteiger partial charge in [-0.2, -0.15) is 10.5 Å². The van der Waals surface area contributed by atoms with Crippen molar-refractivity contribution >= 4 is 5.91 Å². The van der Waals surface area contributed by atoms with Gasteiger partial charge in [-0.15, -0.1) is 0 Å². The number of hydrogen-bond acceptors (Lipinski definition) is 4. The maximum atomic E-state index is 12.2. The number of nitriles is 2. The van der Waals surface area contributed by atoms with Crippen molar-refractivity contribution in [3.05, 3.63) is 64.7 Å². The van der Waals surface area contributed by atoms with Crippen molar-refractivity contribution in [2.24, 2.45) is 0 Å². The van der Waals surface area contributed by atoms with Gasteiger partial charge >= 0.3 is 0 Å². The fourth-order valence-electron chi connectivity index (χ4n) is 2.73. The predicted molar refractivity (Wildman–Crippen MR) is 92.0 cm³/mol. The number of nitrogens with zero attached hydrogens (tertiary/aromatic N) is 2. The van der Waals surface area contributed by atoms with Crippen molar-refractivity contribution in [2.75, 3.05) is 0 Å². The summed E-state index contributed by atoms with van der Waals surface area (Å²) in [6.07, 6.45) is 1.45. The molecule has 1 fully saturated rings. The van der Waals surface area contributed by atoms with E-state index in [1.807, 2.05) is 43.3 Å². The SMILES string of the molecule is Cc1ccc(C(=O)NC2CC(Oc3ccc(C#N)c(C#N)c3)C2)cc1. The van der Waals surface area contributed by atoms with Crippen molar-refractivity contribution < 1.29 is 9.53 Å². The van der Waals surface area contributed by atoms with Crippen LogP contribution in [0.5, 0.6) is 5.75 Å². The second kappa shape index (κ2) is 7.07.